The fourth-order valence-corrected chi connectivity index (χ4v) is 2.70. The molecule has 0 fully saturated rings. The Morgan fingerprint density at radius 1 is 1.00 bits per heavy atom. The molecular weight excluding hydrogens is 314 g/mol. The number of amides is 1. The van der Waals surface area contributed by atoms with E-state index >= 15 is 0 Å². The van der Waals surface area contributed by atoms with E-state index < -0.39 is 11.7 Å². The zero-order valence-electron chi connectivity index (χ0n) is 15.2. The first-order valence-electron chi connectivity index (χ1n) is 8.59. The van der Waals surface area contributed by atoms with Gasteiger partial charge in [0.25, 0.3) is 0 Å². The van der Waals surface area contributed by atoms with Crippen molar-refractivity contribution in [1.29, 1.82) is 0 Å². The molecule has 0 aromatic heterocycles. The lowest BCUT2D eigenvalue weighted by Gasteiger charge is -2.30. The number of carbonyl (C=O) groups excluding carboxylic acids is 1. The molecule has 25 heavy (non-hydrogen) atoms. The lowest BCUT2D eigenvalue weighted by atomic mass is 9.91. The fraction of sp³-hybridized carbons (Fsp3) is 0.381. The van der Waals surface area contributed by atoms with Crippen LogP contribution in [0, 0.1) is 0 Å². The molecule has 2 aromatic carbocycles. The quantitative estimate of drug-likeness (QED) is 0.862. The topological polar surface area (TPSA) is 49.8 Å². The van der Waals surface area contributed by atoms with Gasteiger partial charge < -0.3 is 14.7 Å². The van der Waals surface area contributed by atoms with Gasteiger partial charge in [-0.1, -0.05) is 60.7 Å². The summed E-state index contributed by atoms with van der Waals surface area (Å²) in [5.74, 6) is 0.0152. The number of aliphatic hydroxyl groups excluding tert-OH is 1. The molecule has 0 saturated heterocycles. The predicted octanol–water partition coefficient (Wildman–Crippen LogP) is 4.05. The molecule has 1 amide bonds. The van der Waals surface area contributed by atoms with Gasteiger partial charge in [0.1, 0.15) is 5.60 Å². The Balaban J connectivity index is 2.28. The van der Waals surface area contributed by atoms with Crippen LogP contribution in [0.1, 0.15) is 37.8 Å². The zero-order chi connectivity index (χ0) is 18.3. The van der Waals surface area contributed by atoms with Crippen molar-refractivity contribution < 1.29 is 14.6 Å². The van der Waals surface area contributed by atoms with Crippen molar-refractivity contribution in [3.05, 3.63) is 71.8 Å². The van der Waals surface area contributed by atoms with Crippen molar-refractivity contribution >= 4 is 6.09 Å². The van der Waals surface area contributed by atoms with Crippen molar-refractivity contribution in [2.24, 2.45) is 0 Å². The van der Waals surface area contributed by atoms with E-state index in [1.54, 1.807) is 4.90 Å². The first kappa shape index (κ1) is 19.0. The molecule has 2 rings (SSSR count). The molecule has 0 unspecified atom stereocenters. The summed E-state index contributed by atoms with van der Waals surface area (Å²) in [5, 5.41) is 9.39. The Hall–Kier alpha value is -2.33. The van der Waals surface area contributed by atoms with E-state index in [9.17, 15) is 9.90 Å². The highest BCUT2D eigenvalue weighted by atomic mass is 16.6. The fourth-order valence-electron chi connectivity index (χ4n) is 2.70. The summed E-state index contributed by atoms with van der Waals surface area (Å²) in [5.41, 5.74) is 1.68. The van der Waals surface area contributed by atoms with E-state index in [1.165, 1.54) is 0 Å². The highest BCUT2D eigenvalue weighted by Gasteiger charge is 2.25. The third-order valence-corrected chi connectivity index (χ3v) is 3.83. The van der Waals surface area contributed by atoms with Crippen LogP contribution >= 0.6 is 0 Å². The van der Waals surface area contributed by atoms with Crippen LogP contribution in [0.2, 0.25) is 0 Å². The lowest BCUT2D eigenvalue weighted by Crippen LogP contribution is -2.40. The van der Waals surface area contributed by atoms with Crippen LogP contribution in [0.15, 0.2) is 60.7 Å². The summed E-state index contributed by atoms with van der Waals surface area (Å²) in [6.45, 7) is 6.11. The smallest absolute Gasteiger partial charge is 0.410 e. The summed E-state index contributed by atoms with van der Waals surface area (Å²) >= 11 is 0. The minimum atomic E-state index is -0.570. The van der Waals surface area contributed by atoms with Gasteiger partial charge in [-0.2, -0.15) is 0 Å². The number of hydrogen-bond acceptors (Lipinski definition) is 3. The van der Waals surface area contributed by atoms with E-state index in [1.807, 2.05) is 57.2 Å². The third-order valence-electron chi connectivity index (χ3n) is 3.83. The number of rotatable bonds is 6. The normalized spacial score (nSPS) is 11.4. The number of benzene rings is 2. The number of ether oxygens (including phenoxy) is 1. The monoisotopic (exact) mass is 341 g/mol. The molecule has 1 N–H and O–H groups in total. The van der Waals surface area contributed by atoms with Crippen molar-refractivity contribution in [3.8, 4) is 0 Å². The molecule has 0 atom stereocenters. The first-order chi connectivity index (χ1) is 11.9. The highest BCUT2D eigenvalue weighted by molar-refractivity contribution is 5.68. The van der Waals surface area contributed by atoms with Gasteiger partial charge in [0.2, 0.25) is 0 Å². The minimum Gasteiger partial charge on any atom is -0.444 e. The summed E-state index contributed by atoms with van der Waals surface area (Å²) in [6, 6.07) is 20.2. The second-order valence-corrected chi connectivity index (χ2v) is 7.02. The summed E-state index contributed by atoms with van der Waals surface area (Å²) in [7, 11) is 0. The Morgan fingerprint density at radius 3 is 1.88 bits per heavy atom. The Bertz CT molecular complexity index is 610. The van der Waals surface area contributed by atoms with Crippen molar-refractivity contribution in [3.63, 3.8) is 0 Å². The molecular formula is C21H27NO3. The summed E-state index contributed by atoms with van der Waals surface area (Å²) in [4.78, 5) is 14.1. The van der Waals surface area contributed by atoms with Crippen LogP contribution in [0.5, 0.6) is 0 Å². The summed E-state index contributed by atoms with van der Waals surface area (Å²) in [6.07, 6.45) is -0.404. The van der Waals surface area contributed by atoms with E-state index in [2.05, 4.69) is 24.3 Å². The molecule has 0 aliphatic rings. The number of hydrogen-bond donors (Lipinski definition) is 1. The average Bonchev–Trinajstić information content (AvgIpc) is 2.58. The van der Waals surface area contributed by atoms with Crippen LogP contribution in [0.3, 0.4) is 0 Å². The van der Waals surface area contributed by atoms with Gasteiger partial charge in [0, 0.05) is 19.0 Å². The molecule has 4 nitrogen and oxygen atoms in total. The highest BCUT2D eigenvalue weighted by Crippen LogP contribution is 2.26. The first-order valence-corrected chi connectivity index (χ1v) is 8.59. The van der Waals surface area contributed by atoms with E-state index in [0.717, 1.165) is 11.1 Å². The molecule has 0 aliphatic carbocycles. The molecule has 134 valence electrons. The largest absolute Gasteiger partial charge is 0.444 e. The molecule has 0 aliphatic heterocycles. The molecule has 0 saturated carbocycles. The van der Waals surface area contributed by atoms with Gasteiger partial charge >= 0.3 is 6.09 Å². The van der Waals surface area contributed by atoms with Gasteiger partial charge in [0.15, 0.2) is 0 Å². The molecule has 0 radical (unpaired) electrons. The second-order valence-electron chi connectivity index (χ2n) is 7.02. The standard InChI is InChI=1S/C21H27NO3/c1-21(2,3)25-20(24)22(14-15-23)16-19(17-10-6-4-7-11-17)18-12-8-5-9-13-18/h4-13,19,23H,14-16H2,1-3H3. The van der Waals surface area contributed by atoms with Gasteiger partial charge in [-0.15, -0.1) is 0 Å². The van der Waals surface area contributed by atoms with Crippen LogP contribution in [-0.2, 0) is 4.74 Å². The van der Waals surface area contributed by atoms with Gasteiger partial charge in [0.05, 0.1) is 6.61 Å². The van der Waals surface area contributed by atoms with Crippen molar-refractivity contribution in [2.75, 3.05) is 19.7 Å². The Kier molecular flexibility index (Phi) is 6.59. The van der Waals surface area contributed by atoms with E-state index in [4.69, 9.17) is 4.74 Å². The molecule has 0 heterocycles. The minimum absolute atomic E-state index is 0.0152. The van der Waals surface area contributed by atoms with Crippen LogP contribution < -0.4 is 0 Å². The Morgan fingerprint density at radius 2 is 1.48 bits per heavy atom. The maximum atomic E-state index is 12.5. The zero-order valence-corrected chi connectivity index (χ0v) is 15.2. The van der Waals surface area contributed by atoms with Gasteiger partial charge in [-0.25, -0.2) is 4.79 Å². The number of nitrogens with zero attached hydrogens (tertiary/aromatic N) is 1. The van der Waals surface area contributed by atoms with Crippen molar-refractivity contribution in [2.45, 2.75) is 32.3 Å². The Labute approximate surface area is 150 Å². The maximum Gasteiger partial charge on any atom is 0.410 e. The van der Waals surface area contributed by atoms with Gasteiger partial charge in [-0.3, -0.25) is 0 Å². The van der Waals surface area contributed by atoms with Crippen LogP contribution in [0.25, 0.3) is 0 Å². The van der Waals surface area contributed by atoms with Crippen LogP contribution in [0.4, 0.5) is 4.79 Å². The third kappa shape index (κ3) is 5.91. The summed E-state index contributed by atoms with van der Waals surface area (Å²) < 4.78 is 5.50. The van der Waals surface area contributed by atoms with E-state index in [0.29, 0.717) is 6.54 Å². The molecule has 4 heteroatoms. The predicted molar refractivity (Wildman–Crippen MR) is 99.6 cm³/mol. The SMILES string of the molecule is CC(C)(C)OC(=O)N(CCO)CC(c1ccccc1)c1ccccc1. The van der Waals surface area contributed by atoms with Gasteiger partial charge in [-0.05, 0) is 31.9 Å². The van der Waals surface area contributed by atoms with Crippen LogP contribution in [-0.4, -0.2) is 41.4 Å². The number of carbonyl (C=O) groups is 1. The maximum absolute atomic E-state index is 12.5. The number of aliphatic hydroxyl groups is 1. The van der Waals surface area contributed by atoms with E-state index in [-0.39, 0.29) is 19.1 Å². The average molecular weight is 341 g/mol. The molecule has 0 bridgehead atoms. The van der Waals surface area contributed by atoms with Crippen molar-refractivity contribution in [1.82, 2.24) is 4.90 Å². The second kappa shape index (κ2) is 8.67. The molecule has 2 aromatic rings. The molecule has 0 spiro atoms. The lowest BCUT2D eigenvalue weighted by molar-refractivity contribution is 0.0213.